The van der Waals surface area contributed by atoms with Gasteiger partial charge in [-0.25, -0.2) is 4.98 Å². The molecular formula is C24H32ClN8O6P. The lowest BCUT2D eigenvalue weighted by Crippen LogP contribution is -2.42. The van der Waals surface area contributed by atoms with Crippen LogP contribution in [-0.2, 0) is 36.2 Å². The number of hydrogen-bond donors (Lipinski definition) is 2. The predicted molar refractivity (Wildman–Crippen MR) is 148 cm³/mol. The van der Waals surface area contributed by atoms with E-state index in [1.165, 1.54) is 13.0 Å². The van der Waals surface area contributed by atoms with Crippen molar-refractivity contribution in [3.8, 4) is 0 Å². The summed E-state index contributed by atoms with van der Waals surface area (Å²) in [5.41, 5.74) is 17.0. The first-order chi connectivity index (χ1) is 19.0. The predicted octanol–water partition coefficient (Wildman–Crippen LogP) is 4.54. The zero-order valence-corrected chi connectivity index (χ0v) is 24.2. The van der Waals surface area contributed by atoms with Crippen LogP contribution >= 0.6 is 19.2 Å². The molecule has 14 nitrogen and oxygen atoms in total. The van der Waals surface area contributed by atoms with Crippen molar-refractivity contribution in [2.24, 2.45) is 10.5 Å². The second kappa shape index (κ2) is 12.4. The second-order valence-corrected chi connectivity index (χ2v) is 12.3. The molecule has 1 aromatic carbocycles. The number of anilines is 1. The van der Waals surface area contributed by atoms with E-state index in [0.717, 1.165) is 16.7 Å². The number of azide groups is 1. The highest BCUT2D eigenvalue weighted by atomic mass is 35.5. The van der Waals surface area contributed by atoms with Gasteiger partial charge in [0.25, 0.3) is 0 Å². The van der Waals surface area contributed by atoms with Crippen molar-refractivity contribution in [2.45, 2.75) is 52.4 Å². The van der Waals surface area contributed by atoms with E-state index in [2.05, 4.69) is 25.0 Å². The molecule has 1 saturated heterocycles. The van der Waals surface area contributed by atoms with Crippen molar-refractivity contribution in [3.05, 3.63) is 56.9 Å². The van der Waals surface area contributed by atoms with Crippen LogP contribution in [0.5, 0.6) is 0 Å². The van der Waals surface area contributed by atoms with Gasteiger partial charge in [0.2, 0.25) is 5.28 Å². The fourth-order valence-electron chi connectivity index (χ4n) is 4.82. The summed E-state index contributed by atoms with van der Waals surface area (Å²) in [6.45, 7) is 7.34. The van der Waals surface area contributed by atoms with E-state index >= 15 is 0 Å². The Hall–Kier alpha value is -2.80. The molecule has 0 aliphatic carbocycles. The van der Waals surface area contributed by atoms with Crippen LogP contribution in [0.3, 0.4) is 0 Å². The maximum absolute atomic E-state index is 12.6. The van der Waals surface area contributed by atoms with Crippen molar-refractivity contribution in [3.63, 3.8) is 0 Å². The molecule has 1 aliphatic heterocycles. The van der Waals surface area contributed by atoms with E-state index < -0.39 is 31.4 Å². The van der Waals surface area contributed by atoms with Gasteiger partial charge in [-0.15, -0.1) is 0 Å². The van der Waals surface area contributed by atoms with Crippen LogP contribution in [-0.4, -0.2) is 63.3 Å². The number of fused-ring (bicyclic) bond motifs is 1. The molecule has 2 unspecified atom stereocenters. The normalized spacial score (nSPS) is 24.2. The van der Waals surface area contributed by atoms with E-state index in [1.54, 1.807) is 18.4 Å². The van der Waals surface area contributed by atoms with Crippen LogP contribution in [0.1, 0.15) is 36.8 Å². The number of benzene rings is 1. The molecule has 3 heterocycles. The van der Waals surface area contributed by atoms with Gasteiger partial charge in [-0.3, -0.25) is 9.13 Å². The molecule has 0 radical (unpaired) electrons. The van der Waals surface area contributed by atoms with E-state index in [-0.39, 0.29) is 44.1 Å². The average molecular weight is 595 g/mol. The first kappa shape index (κ1) is 30.2. The Balaban J connectivity index is 1.61. The maximum atomic E-state index is 12.6. The third kappa shape index (κ3) is 6.56. The maximum Gasteiger partial charge on any atom is 0.327 e. The van der Waals surface area contributed by atoms with Gasteiger partial charge < -0.3 is 29.4 Å². The van der Waals surface area contributed by atoms with Crippen LogP contribution in [0.15, 0.2) is 29.6 Å². The lowest BCUT2D eigenvalue weighted by atomic mass is 9.83. The quantitative estimate of drug-likeness (QED) is 0.0988. The summed E-state index contributed by atoms with van der Waals surface area (Å²) < 4.78 is 37.3. The number of nitrogens with zero attached hydrogens (tertiary/aromatic N) is 7. The zero-order chi connectivity index (χ0) is 29.1. The van der Waals surface area contributed by atoms with E-state index in [9.17, 15) is 9.67 Å². The number of nitrogen functional groups attached to an aromatic ring is 1. The largest absolute Gasteiger partial charge is 0.389 e. The third-order valence-corrected chi connectivity index (χ3v) is 8.12. The molecule has 0 bridgehead atoms. The van der Waals surface area contributed by atoms with Gasteiger partial charge >= 0.3 is 7.60 Å². The molecule has 3 aromatic rings. The van der Waals surface area contributed by atoms with Crippen LogP contribution < -0.4 is 5.73 Å². The molecule has 0 spiro atoms. The molecular weight excluding hydrogens is 563 g/mol. The Morgan fingerprint density at radius 2 is 2.08 bits per heavy atom. The minimum atomic E-state index is -3.35. The molecule has 1 fully saturated rings. The molecule has 2 aromatic heterocycles. The Labute approximate surface area is 235 Å². The van der Waals surface area contributed by atoms with Gasteiger partial charge in [-0.2, -0.15) is 9.97 Å². The number of imidazole rings is 1. The van der Waals surface area contributed by atoms with E-state index in [1.807, 2.05) is 25.1 Å². The molecule has 5 atom stereocenters. The summed E-state index contributed by atoms with van der Waals surface area (Å²) in [4.78, 5) is 15.4. The van der Waals surface area contributed by atoms with Gasteiger partial charge in [-0.05, 0) is 42.1 Å². The monoisotopic (exact) mass is 594 g/mol. The third-order valence-electron chi connectivity index (χ3n) is 6.60. The lowest BCUT2D eigenvalue weighted by molar-refractivity contribution is -0.0736. The number of aliphatic hydroxyl groups excluding tert-OH is 1. The Kier molecular flexibility index (Phi) is 9.33. The minimum absolute atomic E-state index is 0.0537. The highest BCUT2D eigenvalue weighted by Crippen LogP contribution is 2.49. The molecule has 216 valence electrons. The smallest absolute Gasteiger partial charge is 0.327 e. The Bertz CT molecular complexity index is 1470. The molecule has 0 saturated carbocycles. The van der Waals surface area contributed by atoms with Crippen molar-refractivity contribution in [1.29, 1.82) is 0 Å². The summed E-state index contributed by atoms with van der Waals surface area (Å²) in [6.07, 6.45) is -1.34. The van der Waals surface area contributed by atoms with Crippen LogP contribution in [0.2, 0.25) is 5.28 Å². The first-order valence-corrected chi connectivity index (χ1v) is 14.9. The number of aromatic nitrogens is 4. The van der Waals surface area contributed by atoms with Crippen molar-refractivity contribution in [1.82, 2.24) is 19.5 Å². The summed E-state index contributed by atoms with van der Waals surface area (Å²) in [6, 6.07) is 5.80. The first-order valence-electron chi connectivity index (χ1n) is 12.5. The Morgan fingerprint density at radius 1 is 1.32 bits per heavy atom. The molecule has 40 heavy (non-hydrogen) atoms. The number of ether oxygens (including phenoxy) is 2. The number of nitrogens with two attached hydrogens (primary N) is 1. The molecule has 16 heteroatoms. The van der Waals surface area contributed by atoms with Gasteiger partial charge in [0.05, 0.1) is 50.8 Å². The molecule has 3 N–H and O–H groups in total. The summed E-state index contributed by atoms with van der Waals surface area (Å²) in [7, 11) is -3.35. The van der Waals surface area contributed by atoms with Crippen molar-refractivity contribution in [2.75, 3.05) is 32.2 Å². The minimum Gasteiger partial charge on any atom is -0.389 e. The zero-order valence-electron chi connectivity index (χ0n) is 22.6. The van der Waals surface area contributed by atoms with Gasteiger partial charge in [0, 0.05) is 11.6 Å². The topological polar surface area (TPSA) is 193 Å². The van der Waals surface area contributed by atoms with Crippen molar-refractivity contribution >= 4 is 36.2 Å². The number of aliphatic hydroxyl groups is 1. The highest BCUT2D eigenvalue weighted by Gasteiger charge is 2.55. The second-order valence-electron chi connectivity index (χ2n) is 9.87. The lowest BCUT2D eigenvalue weighted by Gasteiger charge is -2.33. The summed E-state index contributed by atoms with van der Waals surface area (Å²) in [5.74, 6) is 0.102. The average Bonchev–Trinajstić information content (AvgIpc) is 3.40. The molecule has 1 aliphatic rings. The van der Waals surface area contributed by atoms with Gasteiger partial charge in [0.15, 0.2) is 11.5 Å². The van der Waals surface area contributed by atoms with Gasteiger partial charge in [0.1, 0.15) is 17.8 Å². The molecule has 4 rings (SSSR count). The van der Waals surface area contributed by atoms with Crippen LogP contribution in [0, 0.1) is 12.3 Å². The van der Waals surface area contributed by atoms with Gasteiger partial charge in [-0.1, -0.05) is 35.8 Å². The number of halogens is 1. The molecule has 0 amide bonds. The van der Waals surface area contributed by atoms with E-state index in [0.29, 0.717) is 11.2 Å². The Morgan fingerprint density at radius 3 is 2.80 bits per heavy atom. The SMILES string of the molecule is CCOP(C)(=O)OC[C@H]1O[C@@H](n2cnc3c(N)nc(Cl)nc32)C(C)(COCc2cc(C)cc(CN=[N+]=[N-])c2)[C@H]1O. The summed E-state index contributed by atoms with van der Waals surface area (Å²) >= 11 is 6.08. The van der Waals surface area contributed by atoms with Crippen molar-refractivity contribution < 1.29 is 28.2 Å². The fraction of sp³-hybridized carbons (Fsp3) is 0.542. The standard InChI is InChI=1S/C24H32ClN8O6P/c1-5-37-40(4,35)38-11-17-19(34)24(3,12-36-10-16-7-14(2)6-15(8-16)9-29-32-27)22(39-17)33-13-28-18-20(26)30-23(25)31-21(18)33/h6-8,13,17,19,22,34H,5,9-12H2,1-4H3,(H2,26,30,31)/t17-,19+,22-,24?,40?/m1/s1. The highest BCUT2D eigenvalue weighted by molar-refractivity contribution is 7.52. The number of aryl methyl sites for hydroxylation is 1. The van der Waals surface area contributed by atoms with E-state index in [4.69, 9.17) is 41.4 Å². The van der Waals surface area contributed by atoms with Crippen LogP contribution in [0.25, 0.3) is 21.6 Å². The summed E-state index contributed by atoms with van der Waals surface area (Å²) in [5, 5.41) is 15.1. The van der Waals surface area contributed by atoms with Crippen LogP contribution in [0.4, 0.5) is 5.82 Å². The number of hydrogen-bond acceptors (Lipinski definition) is 11. The number of rotatable bonds is 12. The fourth-order valence-corrected chi connectivity index (χ4v) is 5.96.